The summed E-state index contributed by atoms with van der Waals surface area (Å²) in [5, 5.41) is 10.1. The Morgan fingerprint density at radius 2 is 2.11 bits per heavy atom. The molecule has 0 saturated heterocycles. The number of methoxy groups -OCH3 is 1. The molecule has 0 N–H and O–H groups in total. The summed E-state index contributed by atoms with van der Waals surface area (Å²) < 4.78 is 4.63. The van der Waals surface area contributed by atoms with Gasteiger partial charge in [0.15, 0.2) is 0 Å². The molecule has 0 saturated carbocycles. The van der Waals surface area contributed by atoms with Crippen LogP contribution >= 0.6 is 23.2 Å². The Bertz CT molecular complexity index is 559. The van der Waals surface area contributed by atoms with Crippen LogP contribution in [0, 0.1) is 11.3 Å². The molecule has 19 heavy (non-hydrogen) atoms. The second-order valence-corrected chi connectivity index (χ2v) is 4.67. The monoisotopic (exact) mass is 297 g/mol. The molecule has 5 heteroatoms. The minimum absolute atomic E-state index is 0.0198. The van der Waals surface area contributed by atoms with Crippen LogP contribution in [0.1, 0.15) is 25.3 Å². The van der Waals surface area contributed by atoms with Crippen molar-refractivity contribution >= 4 is 34.7 Å². The van der Waals surface area contributed by atoms with E-state index in [0.717, 1.165) is 6.42 Å². The SMILES string of the molecule is CCCC(=C(C#N)C(=O)OC)c1ccc(Cl)cc1Cl. The van der Waals surface area contributed by atoms with Gasteiger partial charge < -0.3 is 4.74 Å². The summed E-state index contributed by atoms with van der Waals surface area (Å²) in [6.45, 7) is 1.95. The fourth-order valence-corrected chi connectivity index (χ4v) is 2.24. The molecule has 0 bridgehead atoms. The van der Waals surface area contributed by atoms with Crippen LogP contribution in [0.4, 0.5) is 0 Å². The number of carbonyl (C=O) groups excluding carboxylic acids is 1. The van der Waals surface area contributed by atoms with E-state index in [4.69, 9.17) is 28.5 Å². The highest BCUT2D eigenvalue weighted by atomic mass is 35.5. The number of halogens is 2. The topological polar surface area (TPSA) is 50.1 Å². The first-order valence-electron chi connectivity index (χ1n) is 5.72. The van der Waals surface area contributed by atoms with E-state index in [2.05, 4.69) is 4.74 Å². The Labute approximate surface area is 122 Å². The van der Waals surface area contributed by atoms with Crippen LogP contribution in [-0.2, 0) is 9.53 Å². The molecule has 0 amide bonds. The van der Waals surface area contributed by atoms with E-state index >= 15 is 0 Å². The molecule has 3 nitrogen and oxygen atoms in total. The van der Waals surface area contributed by atoms with Crippen LogP contribution in [0.15, 0.2) is 23.8 Å². The highest BCUT2D eigenvalue weighted by molar-refractivity contribution is 6.35. The molecule has 1 aromatic rings. The normalized spacial score (nSPS) is 11.5. The molecule has 0 aliphatic carbocycles. The number of allylic oxidation sites excluding steroid dienone is 1. The molecule has 0 unspecified atom stereocenters. The molecule has 0 aromatic heterocycles. The molecule has 0 heterocycles. The third kappa shape index (κ3) is 3.73. The fraction of sp³-hybridized carbons (Fsp3) is 0.286. The number of benzene rings is 1. The van der Waals surface area contributed by atoms with Crippen molar-refractivity contribution in [1.29, 1.82) is 5.26 Å². The van der Waals surface area contributed by atoms with E-state index in [9.17, 15) is 4.79 Å². The highest BCUT2D eigenvalue weighted by Gasteiger charge is 2.18. The summed E-state index contributed by atoms with van der Waals surface area (Å²) in [6, 6.07) is 6.85. The van der Waals surface area contributed by atoms with Crippen molar-refractivity contribution in [3.8, 4) is 6.07 Å². The smallest absolute Gasteiger partial charge is 0.348 e. The first kappa shape index (κ1) is 15.6. The Hall–Kier alpha value is -1.50. The van der Waals surface area contributed by atoms with Crippen molar-refractivity contribution < 1.29 is 9.53 Å². The summed E-state index contributed by atoms with van der Waals surface area (Å²) in [6.07, 6.45) is 1.33. The molecule has 0 spiro atoms. The molecule has 0 fully saturated rings. The summed E-state index contributed by atoms with van der Waals surface area (Å²) in [7, 11) is 1.24. The molecule has 0 radical (unpaired) electrons. The van der Waals surface area contributed by atoms with Crippen LogP contribution in [0.25, 0.3) is 5.57 Å². The van der Waals surface area contributed by atoms with Gasteiger partial charge in [0.1, 0.15) is 11.6 Å². The van der Waals surface area contributed by atoms with Crippen LogP contribution in [0.5, 0.6) is 0 Å². The second kappa shape index (κ2) is 7.18. The molecule has 1 aromatic carbocycles. The minimum atomic E-state index is -0.656. The number of hydrogen-bond donors (Lipinski definition) is 0. The van der Waals surface area contributed by atoms with E-state index in [0.29, 0.717) is 27.6 Å². The van der Waals surface area contributed by atoms with Crippen LogP contribution in [0.3, 0.4) is 0 Å². The molecule has 0 aliphatic heterocycles. The number of rotatable bonds is 4. The standard InChI is InChI=1S/C14H13Cl2NO2/c1-3-4-10(12(8-17)14(18)19-2)11-6-5-9(15)7-13(11)16/h5-7H,3-4H2,1-2H3. The van der Waals surface area contributed by atoms with E-state index in [1.54, 1.807) is 18.2 Å². The fourth-order valence-electron chi connectivity index (χ4n) is 1.72. The average Bonchev–Trinajstić information content (AvgIpc) is 2.38. The lowest BCUT2D eigenvalue weighted by molar-refractivity contribution is -0.135. The summed E-state index contributed by atoms with van der Waals surface area (Å²) >= 11 is 12.0. The molecule has 100 valence electrons. The van der Waals surface area contributed by atoms with Crippen molar-refractivity contribution in [2.75, 3.05) is 7.11 Å². The lowest BCUT2D eigenvalue weighted by Crippen LogP contribution is -2.06. The summed E-state index contributed by atoms with van der Waals surface area (Å²) in [4.78, 5) is 11.6. The number of ether oxygens (including phenoxy) is 1. The molecular weight excluding hydrogens is 285 g/mol. The Kier molecular flexibility index (Phi) is 5.88. The van der Waals surface area contributed by atoms with Gasteiger partial charge in [-0.25, -0.2) is 4.79 Å². The van der Waals surface area contributed by atoms with Crippen LogP contribution in [0.2, 0.25) is 10.0 Å². The van der Waals surface area contributed by atoms with Crippen LogP contribution < -0.4 is 0 Å². The third-order valence-electron chi connectivity index (χ3n) is 2.56. The minimum Gasteiger partial charge on any atom is -0.465 e. The van der Waals surface area contributed by atoms with Crippen molar-refractivity contribution in [1.82, 2.24) is 0 Å². The van der Waals surface area contributed by atoms with Crippen molar-refractivity contribution in [3.63, 3.8) is 0 Å². The molecule has 1 rings (SSSR count). The Morgan fingerprint density at radius 3 is 2.58 bits per heavy atom. The van der Waals surface area contributed by atoms with E-state index < -0.39 is 5.97 Å². The average molecular weight is 298 g/mol. The predicted octanol–water partition coefficient (Wildman–Crippen LogP) is 4.24. The van der Waals surface area contributed by atoms with Crippen molar-refractivity contribution in [3.05, 3.63) is 39.4 Å². The lowest BCUT2D eigenvalue weighted by Gasteiger charge is -2.11. The number of nitrogens with zero attached hydrogens (tertiary/aromatic N) is 1. The van der Waals surface area contributed by atoms with Gasteiger partial charge in [-0.05, 0) is 29.7 Å². The maximum absolute atomic E-state index is 11.6. The van der Waals surface area contributed by atoms with Gasteiger partial charge in [0, 0.05) is 10.0 Å². The van der Waals surface area contributed by atoms with Crippen molar-refractivity contribution in [2.24, 2.45) is 0 Å². The van der Waals surface area contributed by atoms with Gasteiger partial charge in [0.2, 0.25) is 0 Å². The number of esters is 1. The van der Waals surface area contributed by atoms with Crippen molar-refractivity contribution in [2.45, 2.75) is 19.8 Å². The van der Waals surface area contributed by atoms with Gasteiger partial charge in [-0.15, -0.1) is 0 Å². The first-order chi connectivity index (χ1) is 9.04. The second-order valence-electron chi connectivity index (χ2n) is 3.83. The third-order valence-corrected chi connectivity index (χ3v) is 3.11. The van der Waals surface area contributed by atoms with Gasteiger partial charge in [-0.1, -0.05) is 42.6 Å². The van der Waals surface area contributed by atoms with E-state index in [1.165, 1.54) is 7.11 Å². The van der Waals surface area contributed by atoms with Gasteiger partial charge in [0.25, 0.3) is 0 Å². The number of nitriles is 1. The number of hydrogen-bond acceptors (Lipinski definition) is 3. The summed E-state index contributed by atoms with van der Waals surface area (Å²) in [5.41, 5.74) is 1.20. The first-order valence-corrected chi connectivity index (χ1v) is 6.47. The van der Waals surface area contributed by atoms with E-state index in [1.807, 2.05) is 13.0 Å². The molecule has 0 aliphatic rings. The zero-order chi connectivity index (χ0) is 14.4. The number of carbonyl (C=O) groups is 1. The zero-order valence-corrected chi connectivity index (χ0v) is 12.2. The van der Waals surface area contributed by atoms with Gasteiger partial charge in [-0.3, -0.25) is 0 Å². The van der Waals surface area contributed by atoms with Crippen LogP contribution in [-0.4, -0.2) is 13.1 Å². The maximum Gasteiger partial charge on any atom is 0.348 e. The largest absolute Gasteiger partial charge is 0.465 e. The molecular formula is C14H13Cl2NO2. The molecule has 0 atom stereocenters. The van der Waals surface area contributed by atoms with Gasteiger partial charge >= 0.3 is 5.97 Å². The van der Waals surface area contributed by atoms with Gasteiger partial charge in [-0.2, -0.15) is 5.26 Å². The quantitative estimate of drug-likeness (QED) is 0.474. The van der Waals surface area contributed by atoms with E-state index in [-0.39, 0.29) is 5.57 Å². The van der Waals surface area contributed by atoms with Gasteiger partial charge in [0.05, 0.1) is 7.11 Å². The summed E-state index contributed by atoms with van der Waals surface area (Å²) in [5.74, 6) is -0.656. The maximum atomic E-state index is 11.6. The highest BCUT2D eigenvalue weighted by Crippen LogP contribution is 2.32. The predicted molar refractivity (Wildman–Crippen MR) is 75.9 cm³/mol. The lowest BCUT2D eigenvalue weighted by atomic mass is 9.96. The Morgan fingerprint density at radius 1 is 1.42 bits per heavy atom. The zero-order valence-electron chi connectivity index (χ0n) is 10.7. The Balaban J connectivity index is 3.46.